The SMILES string of the molecule is CC1CCN(C(=O)c2csc(-c3ccccc3)n2)c2ccccc2S1. The lowest BCUT2D eigenvalue weighted by atomic mass is 10.2. The molecule has 1 aliphatic rings. The Morgan fingerprint density at radius 1 is 1.12 bits per heavy atom. The van der Waals surface area contributed by atoms with Gasteiger partial charge in [0.15, 0.2) is 0 Å². The zero-order chi connectivity index (χ0) is 17.2. The van der Waals surface area contributed by atoms with Crippen LogP contribution in [0, 0.1) is 0 Å². The number of thioether (sulfide) groups is 1. The maximum atomic E-state index is 13.1. The van der Waals surface area contributed by atoms with Crippen molar-refractivity contribution in [1.29, 1.82) is 0 Å². The number of aromatic nitrogens is 1. The van der Waals surface area contributed by atoms with Crippen LogP contribution in [0.3, 0.4) is 0 Å². The number of benzene rings is 2. The molecule has 2 heterocycles. The van der Waals surface area contributed by atoms with Gasteiger partial charge in [0.1, 0.15) is 10.7 Å². The molecule has 0 radical (unpaired) electrons. The first-order chi connectivity index (χ1) is 12.2. The molecule has 1 aliphatic heterocycles. The Bertz CT molecular complexity index is 891. The van der Waals surface area contributed by atoms with Crippen molar-refractivity contribution < 1.29 is 4.79 Å². The van der Waals surface area contributed by atoms with Crippen LogP contribution in [0.2, 0.25) is 0 Å². The summed E-state index contributed by atoms with van der Waals surface area (Å²) in [6.45, 7) is 2.94. The van der Waals surface area contributed by atoms with E-state index in [0.29, 0.717) is 10.9 Å². The lowest BCUT2D eigenvalue weighted by Gasteiger charge is -2.21. The van der Waals surface area contributed by atoms with Gasteiger partial charge in [0, 0.05) is 27.6 Å². The number of nitrogens with zero attached hydrogens (tertiary/aromatic N) is 2. The molecule has 3 nitrogen and oxygen atoms in total. The van der Waals surface area contributed by atoms with Crippen molar-refractivity contribution in [1.82, 2.24) is 4.98 Å². The number of rotatable bonds is 2. The van der Waals surface area contributed by atoms with Gasteiger partial charge in [-0.1, -0.05) is 49.4 Å². The predicted octanol–water partition coefficient (Wildman–Crippen LogP) is 5.34. The molecule has 5 heteroatoms. The quantitative estimate of drug-likeness (QED) is 0.614. The Kier molecular flexibility index (Phi) is 4.59. The van der Waals surface area contributed by atoms with Gasteiger partial charge in [-0.05, 0) is 18.6 Å². The minimum absolute atomic E-state index is 0.0134. The first-order valence-corrected chi connectivity index (χ1v) is 10.1. The fraction of sp³-hybridized carbons (Fsp3) is 0.200. The molecule has 0 fully saturated rings. The molecular formula is C20H18N2OS2. The van der Waals surface area contributed by atoms with Crippen LogP contribution in [0.5, 0.6) is 0 Å². The number of thiazole rings is 1. The second-order valence-corrected chi connectivity index (χ2v) is 8.38. The Morgan fingerprint density at radius 3 is 2.72 bits per heavy atom. The number of para-hydroxylation sites is 1. The molecule has 0 bridgehead atoms. The second-order valence-electron chi connectivity index (χ2n) is 6.05. The van der Waals surface area contributed by atoms with E-state index in [4.69, 9.17) is 0 Å². The van der Waals surface area contributed by atoms with Crippen molar-refractivity contribution in [2.24, 2.45) is 0 Å². The summed E-state index contributed by atoms with van der Waals surface area (Å²) >= 11 is 3.36. The van der Waals surface area contributed by atoms with E-state index < -0.39 is 0 Å². The lowest BCUT2D eigenvalue weighted by Crippen LogP contribution is -2.32. The van der Waals surface area contributed by atoms with Gasteiger partial charge in [0.05, 0.1) is 5.69 Å². The largest absolute Gasteiger partial charge is 0.306 e. The molecule has 0 saturated heterocycles. The van der Waals surface area contributed by atoms with E-state index in [-0.39, 0.29) is 5.91 Å². The number of hydrogen-bond acceptors (Lipinski definition) is 4. The van der Waals surface area contributed by atoms with Gasteiger partial charge < -0.3 is 4.90 Å². The number of hydrogen-bond donors (Lipinski definition) is 0. The van der Waals surface area contributed by atoms with Crippen molar-refractivity contribution in [2.75, 3.05) is 11.4 Å². The summed E-state index contributed by atoms with van der Waals surface area (Å²) in [5, 5.41) is 3.25. The molecule has 4 rings (SSSR count). The maximum Gasteiger partial charge on any atom is 0.277 e. The van der Waals surface area contributed by atoms with Crippen molar-refractivity contribution in [3.05, 3.63) is 65.7 Å². The molecule has 1 aromatic heterocycles. The van der Waals surface area contributed by atoms with E-state index in [1.165, 1.54) is 16.2 Å². The highest BCUT2D eigenvalue weighted by Gasteiger charge is 2.26. The number of anilines is 1. The molecule has 1 amide bonds. The third-order valence-corrected chi connectivity index (χ3v) is 6.36. The average Bonchev–Trinajstić information content (AvgIpc) is 3.07. The first-order valence-electron chi connectivity index (χ1n) is 8.31. The topological polar surface area (TPSA) is 33.2 Å². The number of carbonyl (C=O) groups excluding carboxylic acids is 1. The fourth-order valence-corrected chi connectivity index (χ4v) is 4.83. The van der Waals surface area contributed by atoms with E-state index in [9.17, 15) is 4.79 Å². The van der Waals surface area contributed by atoms with Gasteiger partial charge in [-0.3, -0.25) is 4.79 Å². The van der Waals surface area contributed by atoms with Crippen LogP contribution in [0.15, 0.2) is 64.9 Å². The van der Waals surface area contributed by atoms with Crippen molar-refractivity contribution in [3.63, 3.8) is 0 Å². The second kappa shape index (κ2) is 7.02. The van der Waals surface area contributed by atoms with Crippen LogP contribution < -0.4 is 4.90 Å². The molecule has 1 atom stereocenters. The van der Waals surface area contributed by atoms with Crippen LogP contribution in [0.25, 0.3) is 10.6 Å². The van der Waals surface area contributed by atoms with E-state index in [2.05, 4.69) is 18.0 Å². The predicted molar refractivity (Wildman–Crippen MR) is 106 cm³/mol. The van der Waals surface area contributed by atoms with Gasteiger partial charge in [0.25, 0.3) is 5.91 Å². The van der Waals surface area contributed by atoms with E-state index in [0.717, 1.165) is 29.2 Å². The first kappa shape index (κ1) is 16.4. The van der Waals surface area contributed by atoms with Crippen LogP contribution in [0.1, 0.15) is 23.8 Å². The molecule has 0 aliphatic carbocycles. The molecule has 1 unspecified atom stereocenters. The van der Waals surface area contributed by atoms with Crippen LogP contribution >= 0.6 is 23.1 Å². The van der Waals surface area contributed by atoms with Crippen LogP contribution in [0.4, 0.5) is 5.69 Å². The zero-order valence-electron chi connectivity index (χ0n) is 13.9. The number of fused-ring (bicyclic) bond motifs is 1. The maximum absolute atomic E-state index is 13.1. The van der Waals surface area contributed by atoms with E-state index in [1.807, 2.05) is 70.6 Å². The number of amides is 1. The van der Waals surface area contributed by atoms with Gasteiger partial charge in [-0.25, -0.2) is 4.98 Å². The molecule has 0 spiro atoms. The summed E-state index contributed by atoms with van der Waals surface area (Å²) in [6, 6.07) is 18.1. The summed E-state index contributed by atoms with van der Waals surface area (Å²) in [4.78, 5) is 20.8. The van der Waals surface area contributed by atoms with Gasteiger partial charge >= 0.3 is 0 Å². The van der Waals surface area contributed by atoms with Crippen molar-refractivity contribution in [3.8, 4) is 10.6 Å². The summed E-state index contributed by atoms with van der Waals surface area (Å²) in [5.41, 5.74) is 2.57. The average molecular weight is 367 g/mol. The monoisotopic (exact) mass is 366 g/mol. The molecule has 3 aromatic rings. The third kappa shape index (κ3) is 3.34. The third-order valence-electron chi connectivity index (χ3n) is 4.23. The molecule has 126 valence electrons. The van der Waals surface area contributed by atoms with Crippen LogP contribution in [-0.4, -0.2) is 22.7 Å². The highest BCUT2D eigenvalue weighted by atomic mass is 32.2. The molecule has 25 heavy (non-hydrogen) atoms. The van der Waals surface area contributed by atoms with Crippen LogP contribution in [-0.2, 0) is 0 Å². The zero-order valence-corrected chi connectivity index (χ0v) is 15.5. The van der Waals surface area contributed by atoms with Gasteiger partial charge in [-0.2, -0.15) is 0 Å². The molecule has 0 N–H and O–H groups in total. The molecule has 0 saturated carbocycles. The Morgan fingerprint density at radius 2 is 1.88 bits per heavy atom. The smallest absolute Gasteiger partial charge is 0.277 e. The van der Waals surface area contributed by atoms with E-state index in [1.54, 1.807) is 0 Å². The summed E-state index contributed by atoms with van der Waals surface area (Å²) in [7, 11) is 0. The molecular weight excluding hydrogens is 348 g/mol. The highest BCUT2D eigenvalue weighted by Crippen LogP contribution is 2.38. The summed E-state index contributed by atoms with van der Waals surface area (Å²) in [6.07, 6.45) is 0.973. The lowest BCUT2D eigenvalue weighted by molar-refractivity contribution is 0.0982. The Labute approximate surface area is 155 Å². The van der Waals surface area contributed by atoms with Crippen molar-refractivity contribution in [2.45, 2.75) is 23.5 Å². The van der Waals surface area contributed by atoms with E-state index >= 15 is 0 Å². The minimum Gasteiger partial charge on any atom is -0.306 e. The fourth-order valence-electron chi connectivity index (χ4n) is 2.92. The molecule has 2 aromatic carbocycles. The summed E-state index contributed by atoms with van der Waals surface area (Å²) in [5.74, 6) is -0.0134. The van der Waals surface area contributed by atoms with Gasteiger partial charge in [0.2, 0.25) is 0 Å². The Balaban J connectivity index is 1.66. The summed E-state index contributed by atoms with van der Waals surface area (Å²) < 4.78 is 0. The minimum atomic E-state index is -0.0134. The highest BCUT2D eigenvalue weighted by molar-refractivity contribution is 8.00. The normalized spacial score (nSPS) is 17.0. The Hall–Kier alpha value is -2.11. The van der Waals surface area contributed by atoms with Crippen molar-refractivity contribution >= 4 is 34.7 Å². The standard InChI is InChI=1S/C20H18N2OS2/c1-14-11-12-22(17-9-5-6-10-18(17)25-14)20(23)16-13-24-19(21-16)15-7-3-2-4-8-15/h2-10,13-14H,11-12H2,1H3. The number of carbonyl (C=O) groups is 1. The van der Waals surface area contributed by atoms with Gasteiger partial charge in [-0.15, -0.1) is 23.1 Å².